The Kier molecular flexibility index (Phi) is 2.42. The molecule has 0 fully saturated rings. The lowest BCUT2D eigenvalue weighted by Gasteiger charge is -2.22. The van der Waals surface area contributed by atoms with Crippen LogP contribution in [0, 0.1) is 10.1 Å². The molecule has 1 aliphatic rings. The number of nitrogens with zero attached hydrogens (tertiary/aromatic N) is 1. The van der Waals surface area contributed by atoms with Crippen molar-refractivity contribution in [3.63, 3.8) is 0 Å². The lowest BCUT2D eigenvalue weighted by atomic mass is 9.95. The minimum absolute atomic E-state index is 0.666. The summed E-state index contributed by atoms with van der Waals surface area (Å²) < 4.78 is -1.74. The van der Waals surface area contributed by atoms with Gasteiger partial charge in [0.2, 0.25) is 0 Å². The van der Waals surface area contributed by atoms with Gasteiger partial charge in [0.15, 0.2) is 4.75 Å². The van der Waals surface area contributed by atoms with Crippen LogP contribution in [0.5, 0.6) is 0 Å². The van der Waals surface area contributed by atoms with Crippen LogP contribution in [0.2, 0.25) is 0 Å². The second-order valence-electron chi connectivity index (χ2n) is 2.60. The molecule has 2 unspecified atom stereocenters. The quantitative estimate of drug-likeness (QED) is 0.387. The molecule has 0 saturated heterocycles. The monoisotopic (exact) mass is 201 g/mol. The maximum atomic E-state index is 10.7. The van der Waals surface area contributed by atoms with E-state index in [1.165, 1.54) is 24.3 Å². The predicted octanol–water partition coefficient (Wildman–Crippen LogP) is 0.511. The molecule has 0 saturated carbocycles. The topological polar surface area (TPSA) is 80.4 Å². The number of carboxylic acid groups (broad SMARTS) is 1. The first-order chi connectivity index (χ1) is 5.98. The highest BCUT2D eigenvalue weighted by atomic mass is 32.1. The Balaban J connectivity index is 3.07. The highest BCUT2D eigenvalue weighted by Crippen LogP contribution is 2.27. The largest absolute Gasteiger partial charge is 0.480 e. The molecule has 1 N–H and O–H groups in total. The van der Waals surface area contributed by atoms with Gasteiger partial charge in [-0.15, -0.1) is 12.6 Å². The number of aliphatic carboxylic acids is 1. The number of nitro groups is 1. The van der Waals surface area contributed by atoms with E-state index in [-0.39, 0.29) is 0 Å². The molecular formula is C7H7NO4S. The molecule has 0 spiro atoms. The van der Waals surface area contributed by atoms with E-state index in [1.807, 2.05) is 0 Å². The molecule has 2 atom stereocenters. The maximum absolute atomic E-state index is 10.7. The molecule has 1 rings (SSSR count). The Labute approximate surface area is 79.3 Å². The molecule has 0 aromatic carbocycles. The molecule has 13 heavy (non-hydrogen) atoms. The molecule has 6 heteroatoms. The summed E-state index contributed by atoms with van der Waals surface area (Å²) in [6.07, 6.45) is 5.28. The second-order valence-corrected chi connectivity index (χ2v) is 3.34. The standard InChI is InChI=1S/C7H7NO4S/c9-6(10)7(13)4-2-1-3-5(7)8(11)12/h1-5,13H,(H,9,10). The highest BCUT2D eigenvalue weighted by molar-refractivity contribution is 7.83. The van der Waals surface area contributed by atoms with Gasteiger partial charge in [-0.1, -0.05) is 18.2 Å². The van der Waals surface area contributed by atoms with Crippen molar-refractivity contribution in [2.24, 2.45) is 0 Å². The van der Waals surface area contributed by atoms with Crippen molar-refractivity contribution < 1.29 is 14.8 Å². The van der Waals surface area contributed by atoms with Crippen LogP contribution >= 0.6 is 12.6 Å². The third-order valence-electron chi connectivity index (χ3n) is 1.78. The number of carbonyl (C=O) groups is 1. The molecule has 0 aromatic rings. The molecule has 70 valence electrons. The summed E-state index contributed by atoms with van der Waals surface area (Å²) in [6, 6.07) is -1.32. The van der Waals surface area contributed by atoms with Crippen molar-refractivity contribution in [2.45, 2.75) is 10.8 Å². The van der Waals surface area contributed by atoms with E-state index in [2.05, 4.69) is 12.6 Å². The summed E-state index contributed by atoms with van der Waals surface area (Å²) in [5, 5.41) is 19.2. The number of hydrogen-bond donors (Lipinski definition) is 2. The van der Waals surface area contributed by atoms with Crippen LogP contribution in [0.15, 0.2) is 24.3 Å². The fourth-order valence-electron chi connectivity index (χ4n) is 1.05. The van der Waals surface area contributed by atoms with Crippen molar-refractivity contribution in [2.75, 3.05) is 0 Å². The number of carboxylic acids is 1. The SMILES string of the molecule is O=C(O)C1(S)C=CC=CC1[N+](=O)[O-]. The van der Waals surface area contributed by atoms with Crippen LogP contribution in [-0.2, 0) is 4.79 Å². The molecule has 0 radical (unpaired) electrons. The second kappa shape index (κ2) is 3.21. The number of hydrogen-bond acceptors (Lipinski definition) is 4. The summed E-state index contributed by atoms with van der Waals surface area (Å²) in [6.45, 7) is 0. The molecular weight excluding hydrogens is 194 g/mol. The molecule has 5 nitrogen and oxygen atoms in total. The van der Waals surface area contributed by atoms with Gasteiger partial charge in [-0.05, 0) is 6.08 Å². The number of rotatable bonds is 2. The first-order valence-corrected chi connectivity index (χ1v) is 3.88. The predicted molar refractivity (Wildman–Crippen MR) is 48.4 cm³/mol. The first kappa shape index (κ1) is 9.79. The molecule has 0 heterocycles. The van der Waals surface area contributed by atoms with E-state index in [1.54, 1.807) is 0 Å². The van der Waals surface area contributed by atoms with E-state index in [0.29, 0.717) is 0 Å². The summed E-state index contributed by atoms with van der Waals surface area (Å²) in [5.41, 5.74) is 0. The summed E-state index contributed by atoms with van der Waals surface area (Å²) in [7, 11) is 0. The van der Waals surface area contributed by atoms with Gasteiger partial charge >= 0.3 is 5.97 Å². The van der Waals surface area contributed by atoms with Gasteiger partial charge in [0.25, 0.3) is 6.04 Å². The normalized spacial score (nSPS) is 31.6. The maximum Gasteiger partial charge on any atom is 0.331 e. The van der Waals surface area contributed by atoms with Crippen LogP contribution in [0.1, 0.15) is 0 Å². The van der Waals surface area contributed by atoms with Crippen molar-refractivity contribution in [3.8, 4) is 0 Å². The van der Waals surface area contributed by atoms with Crippen LogP contribution in [-0.4, -0.2) is 26.8 Å². The Bertz CT molecular complexity index is 312. The Morgan fingerprint density at radius 3 is 2.62 bits per heavy atom. The van der Waals surface area contributed by atoms with E-state index in [9.17, 15) is 14.9 Å². The minimum atomic E-state index is -1.74. The zero-order valence-electron chi connectivity index (χ0n) is 6.45. The van der Waals surface area contributed by atoms with Crippen molar-refractivity contribution in [1.82, 2.24) is 0 Å². The third-order valence-corrected chi connectivity index (χ3v) is 2.38. The van der Waals surface area contributed by atoms with Gasteiger partial charge in [0.05, 0.1) is 0 Å². The van der Waals surface area contributed by atoms with Gasteiger partial charge in [-0.2, -0.15) is 0 Å². The fraction of sp³-hybridized carbons (Fsp3) is 0.286. The number of allylic oxidation sites excluding steroid dienone is 2. The van der Waals surface area contributed by atoms with Crippen molar-refractivity contribution >= 4 is 18.6 Å². The molecule has 1 aliphatic carbocycles. The Hall–Kier alpha value is -1.30. The molecule has 0 bridgehead atoms. The van der Waals surface area contributed by atoms with Gasteiger partial charge < -0.3 is 5.11 Å². The van der Waals surface area contributed by atoms with Crippen LogP contribution in [0.4, 0.5) is 0 Å². The zero-order chi connectivity index (χ0) is 10.1. The van der Waals surface area contributed by atoms with Crippen molar-refractivity contribution in [1.29, 1.82) is 0 Å². The first-order valence-electron chi connectivity index (χ1n) is 3.44. The average molecular weight is 201 g/mol. The smallest absolute Gasteiger partial charge is 0.331 e. The molecule has 0 amide bonds. The van der Waals surface area contributed by atoms with Gasteiger partial charge in [0, 0.05) is 4.92 Å². The van der Waals surface area contributed by atoms with Crippen LogP contribution in [0.3, 0.4) is 0 Å². The van der Waals surface area contributed by atoms with E-state index in [0.717, 1.165) is 0 Å². The summed E-state index contributed by atoms with van der Waals surface area (Å²) >= 11 is 3.80. The zero-order valence-corrected chi connectivity index (χ0v) is 7.35. The summed E-state index contributed by atoms with van der Waals surface area (Å²) in [4.78, 5) is 20.5. The van der Waals surface area contributed by atoms with Crippen LogP contribution in [0.25, 0.3) is 0 Å². The highest BCUT2D eigenvalue weighted by Gasteiger charge is 2.48. The lowest BCUT2D eigenvalue weighted by molar-refractivity contribution is -0.511. The fourth-order valence-corrected chi connectivity index (χ4v) is 1.31. The van der Waals surface area contributed by atoms with Crippen molar-refractivity contribution in [3.05, 3.63) is 34.4 Å². The summed E-state index contributed by atoms with van der Waals surface area (Å²) in [5.74, 6) is -1.32. The lowest BCUT2D eigenvalue weighted by Crippen LogP contribution is -2.47. The minimum Gasteiger partial charge on any atom is -0.480 e. The van der Waals surface area contributed by atoms with Gasteiger partial charge in [-0.25, -0.2) is 0 Å². The molecule has 0 aromatic heterocycles. The Morgan fingerprint density at radius 2 is 2.23 bits per heavy atom. The third kappa shape index (κ3) is 1.57. The van der Waals surface area contributed by atoms with Gasteiger partial charge in [0.1, 0.15) is 0 Å². The van der Waals surface area contributed by atoms with Crippen LogP contribution < -0.4 is 0 Å². The van der Waals surface area contributed by atoms with E-state index >= 15 is 0 Å². The average Bonchev–Trinajstić information content (AvgIpc) is 2.04. The number of thiol groups is 1. The van der Waals surface area contributed by atoms with Gasteiger partial charge in [-0.3, -0.25) is 14.9 Å². The van der Waals surface area contributed by atoms with E-state index in [4.69, 9.17) is 5.11 Å². The molecule has 0 aliphatic heterocycles. The van der Waals surface area contributed by atoms with E-state index < -0.39 is 21.7 Å². The Morgan fingerprint density at radius 1 is 1.62 bits per heavy atom.